The van der Waals surface area contributed by atoms with Crippen LogP contribution in [0.15, 0.2) is 54.6 Å². The van der Waals surface area contributed by atoms with E-state index in [0.717, 1.165) is 11.3 Å². The third-order valence-corrected chi connectivity index (χ3v) is 4.77. The Morgan fingerprint density at radius 2 is 1.83 bits per heavy atom. The summed E-state index contributed by atoms with van der Waals surface area (Å²) in [6.45, 7) is 4.05. The van der Waals surface area contributed by atoms with Crippen molar-refractivity contribution in [2.75, 3.05) is 24.4 Å². The van der Waals surface area contributed by atoms with Crippen molar-refractivity contribution in [1.29, 1.82) is 0 Å². The molecule has 0 aliphatic carbocycles. The molecule has 0 bridgehead atoms. The smallest absolute Gasteiger partial charge is 0.225 e. The van der Waals surface area contributed by atoms with Crippen molar-refractivity contribution in [2.24, 2.45) is 5.92 Å². The Hall–Kier alpha value is -2.83. The van der Waals surface area contributed by atoms with Gasteiger partial charge < -0.3 is 20.5 Å². The van der Waals surface area contributed by atoms with Gasteiger partial charge in [0, 0.05) is 16.7 Å². The molecule has 0 fully saturated rings. The number of halogens is 1. The molecule has 1 aromatic heterocycles. The second-order valence-electron chi connectivity index (χ2n) is 6.98. The van der Waals surface area contributed by atoms with Crippen LogP contribution in [0.4, 0.5) is 17.5 Å². The number of nitrogens with one attached hydrogen (secondary N) is 2. The van der Waals surface area contributed by atoms with Gasteiger partial charge in [0.15, 0.2) is 0 Å². The lowest BCUT2D eigenvalue weighted by Gasteiger charge is -2.21. The minimum absolute atomic E-state index is 0.0124. The quantitative estimate of drug-likeness (QED) is 0.484. The molecular formula is C22H25ClN4O2. The summed E-state index contributed by atoms with van der Waals surface area (Å²) in [7, 11) is 1.60. The maximum atomic E-state index is 9.68. The molecule has 7 heteroatoms. The fourth-order valence-electron chi connectivity index (χ4n) is 2.84. The minimum Gasteiger partial charge on any atom is -0.495 e. The SMILES string of the molecule is COc1ccc(Cl)cc1Nc1cc(-c2ccccc2)nc(N[C@@H](CO)C(C)C)n1. The van der Waals surface area contributed by atoms with Gasteiger partial charge in [-0.25, -0.2) is 4.98 Å². The molecule has 6 nitrogen and oxygen atoms in total. The Morgan fingerprint density at radius 1 is 1.07 bits per heavy atom. The standard InChI is InChI=1S/C22H25ClN4O2/c1-14(2)19(13-28)26-22-25-17(15-7-5-4-6-8-15)12-21(27-22)24-18-11-16(23)9-10-20(18)29-3/h4-12,14,19,28H,13H2,1-3H3,(H2,24,25,26,27)/t19-/m0/s1. The molecule has 29 heavy (non-hydrogen) atoms. The average Bonchev–Trinajstić information content (AvgIpc) is 2.72. The van der Waals surface area contributed by atoms with Gasteiger partial charge >= 0.3 is 0 Å². The molecule has 3 N–H and O–H groups in total. The van der Waals surface area contributed by atoms with E-state index in [1.54, 1.807) is 25.3 Å². The molecule has 3 aromatic rings. The summed E-state index contributed by atoms with van der Waals surface area (Å²) in [4.78, 5) is 9.23. The van der Waals surface area contributed by atoms with E-state index in [4.69, 9.17) is 16.3 Å². The van der Waals surface area contributed by atoms with Gasteiger partial charge in [0.2, 0.25) is 5.95 Å². The summed E-state index contributed by atoms with van der Waals surface area (Å²) < 4.78 is 5.42. The normalized spacial score (nSPS) is 11.9. The molecule has 0 amide bonds. The monoisotopic (exact) mass is 412 g/mol. The predicted molar refractivity (Wildman–Crippen MR) is 118 cm³/mol. The third-order valence-electron chi connectivity index (χ3n) is 4.54. The number of aliphatic hydroxyl groups excluding tert-OH is 1. The van der Waals surface area contributed by atoms with E-state index >= 15 is 0 Å². The fourth-order valence-corrected chi connectivity index (χ4v) is 3.01. The van der Waals surface area contributed by atoms with E-state index in [9.17, 15) is 5.11 Å². The maximum Gasteiger partial charge on any atom is 0.225 e. The zero-order valence-corrected chi connectivity index (χ0v) is 17.4. The van der Waals surface area contributed by atoms with Gasteiger partial charge in [0.05, 0.1) is 31.1 Å². The predicted octanol–water partition coefficient (Wildman–Crippen LogP) is 4.98. The summed E-state index contributed by atoms with van der Waals surface area (Å²) >= 11 is 6.15. The highest BCUT2D eigenvalue weighted by Gasteiger charge is 2.15. The number of methoxy groups -OCH3 is 1. The van der Waals surface area contributed by atoms with Gasteiger partial charge in [-0.15, -0.1) is 0 Å². The number of hydrogen-bond acceptors (Lipinski definition) is 6. The molecule has 0 aliphatic rings. The van der Waals surface area contributed by atoms with Crippen LogP contribution in [0.2, 0.25) is 5.02 Å². The van der Waals surface area contributed by atoms with Crippen LogP contribution >= 0.6 is 11.6 Å². The van der Waals surface area contributed by atoms with Gasteiger partial charge in [0.25, 0.3) is 0 Å². The van der Waals surface area contributed by atoms with Gasteiger partial charge in [0.1, 0.15) is 11.6 Å². The maximum absolute atomic E-state index is 9.68. The van der Waals surface area contributed by atoms with E-state index in [2.05, 4.69) is 20.6 Å². The molecule has 0 aliphatic heterocycles. The van der Waals surface area contributed by atoms with E-state index < -0.39 is 0 Å². The second kappa shape index (κ2) is 9.58. The van der Waals surface area contributed by atoms with Crippen LogP contribution < -0.4 is 15.4 Å². The average molecular weight is 413 g/mol. The molecule has 0 radical (unpaired) electrons. The van der Waals surface area contributed by atoms with Crippen molar-refractivity contribution in [3.63, 3.8) is 0 Å². The Bertz CT molecular complexity index is 951. The van der Waals surface area contributed by atoms with Crippen molar-refractivity contribution in [2.45, 2.75) is 19.9 Å². The molecule has 3 rings (SSSR count). The first-order valence-corrected chi connectivity index (χ1v) is 9.80. The number of aliphatic hydroxyl groups is 1. The van der Waals surface area contributed by atoms with Crippen LogP contribution in [-0.2, 0) is 0 Å². The summed E-state index contributed by atoms with van der Waals surface area (Å²) in [5.74, 6) is 1.89. The zero-order chi connectivity index (χ0) is 20.8. The lowest BCUT2D eigenvalue weighted by molar-refractivity contribution is 0.248. The second-order valence-corrected chi connectivity index (χ2v) is 7.41. The summed E-state index contributed by atoms with van der Waals surface area (Å²) in [6, 6.07) is 16.9. The Morgan fingerprint density at radius 3 is 2.48 bits per heavy atom. The van der Waals surface area contributed by atoms with Crippen LogP contribution in [0, 0.1) is 5.92 Å². The number of benzene rings is 2. The third kappa shape index (κ3) is 5.37. The zero-order valence-electron chi connectivity index (χ0n) is 16.7. The van der Waals surface area contributed by atoms with Crippen LogP contribution in [0.5, 0.6) is 5.75 Å². The molecule has 0 spiro atoms. The molecule has 2 aromatic carbocycles. The van der Waals surface area contributed by atoms with Crippen LogP contribution in [0.25, 0.3) is 11.3 Å². The molecule has 0 unspecified atom stereocenters. The highest BCUT2D eigenvalue weighted by molar-refractivity contribution is 6.31. The van der Waals surface area contributed by atoms with Gasteiger partial charge in [-0.05, 0) is 24.1 Å². The van der Waals surface area contributed by atoms with Crippen LogP contribution in [0.3, 0.4) is 0 Å². The number of nitrogens with zero attached hydrogens (tertiary/aromatic N) is 2. The van der Waals surface area contributed by atoms with Crippen molar-refractivity contribution in [1.82, 2.24) is 9.97 Å². The Balaban J connectivity index is 2.01. The minimum atomic E-state index is -0.158. The highest BCUT2D eigenvalue weighted by atomic mass is 35.5. The summed E-state index contributed by atoms with van der Waals surface area (Å²) in [6.07, 6.45) is 0. The number of anilines is 3. The van der Waals surface area contributed by atoms with Crippen molar-refractivity contribution >= 4 is 29.1 Å². The number of hydrogen-bond donors (Lipinski definition) is 3. The first-order chi connectivity index (χ1) is 14.0. The lowest BCUT2D eigenvalue weighted by Crippen LogP contribution is -2.30. The fraction of sp³-hybridized carbons (Fsp3) is 0.273. The van der Waals surface area contributed by atoms with E-state index in [1.807, 2.05) is 50.2 Å². The van der Waals surface area contributed by atoms with Gasteiger partial charge in [-0.2, -0.15) is 4.98 Å². The van der Waals surface area contributed by atoms with Crippen molar-refractivity contribution in [3.05, 3.63) is 59.6 Å². The van der Waals surface area contributed by atoms with E-state index in [0.29, 0.717) is 28.2 Å². The molecular weight excluding hydrogens is 388 g/mol. The van der Waals surface area contributed by atoms with Gasteiger partial charge in [-0.3, -0.25) is 0 Å². The highest BCUT2D eigenvalue weighted by Crippen LogP contribution is 2.31. The summed E-state index contributed by atoms with van der Waals surface area (Å²) in [5.41, 5.74) is 2.42. The molecule has 1 heterocycles. The number of ether oxygens (including phenoxy) is 1. The largest absolute Gasteiger partial charge is 0.495 e. The van der Waals surface area contributed by atoms with E-state index in [-0.39, 0.29) is 18.6 Å². The molecule has 152 valence electrons. The van der Waals surface area contributed by atoms with E-state index in [1.165, 1.54) is 0 Å². The molecule has 0 saturated carbocycles. The topological polar surface area (TPSA) is 79.3 Å². The molecule has 1 atom stereocenters. The first kappa shape index (κ1) is 20.9. The van der Waals surface area contributed by atoms with Crippen molar-refractivity contribution < 1.29 is 9.84 Å². The molecule has 0 saturated heterocycles. The van der Waals surface area contributed by atoms with Gasteiger partial charge in [-0.1, -0.05) is 55.8 Å². The Labute approximate surface area is 175 Å². The van der Waals surface area contributed by atoms with Crippen LogP contribution in [0.1, 0.15) is 13.8 Å². The van der Waals surface area contributed by atoms with Crippen LogP contribution in [-0.4, -0.2) is 34.8 Å². The number of rotatable bonds is 8. The number of aromatic nitrogens is 2. The lowest BCUT2D eigenvalue weighted by atomic mass is 10.1. The van der Waals surface area contributed by atoms with Crippen molar-refractivity contribution in [3.8, 4) is 17.0 Å². The Kier molecular flexibility index (Phi) is 6.90. The summed E-state index contributed by atoms with van der Waals surface area (Å²) in [5, 5.41) is 16.8. The first-order valence-electron chi connectivity index (χ1n) is 9.42.